The Morgan fingerprint density at radius 3 is 2.69 bits per heavy atom. The van der Waals surface area contributed by atoms with E-state index in [1.165, 1.54) is 6.07 Å². The SMILES string of the molecule is CC(C)c1noc(C(NC(=O)Cc2ccccc2F)C2CCOCC2)n1. The van der Waals surface area contributed by atoms with Gasteiger partial charge in [-0.1, -0.05) is 37.2 Å². The number of hydrogen-bond donors (Lipinski definition) is 1. The van der Waals surface area contributed by atoms with Crippen LogP contribution in [-0.2, 0) is 16.0 Å². The second-order valence-electron chi connectivity index (χ2n) is 6.91. The number of amides is 1. The molecule has 140 valence electrons. The number of benzene rings is 1. The summed E-state index contributed by atoms with van der Waals surface area (Å²) in [5.74, 6) is 0.648. The number of aromatic nitrogens is 2. The minimum atomic E-state index is -0.391. The summed E-state index contributed by atoms with van der Waals surface area (Å²) in [6.07, 6.45) is 1.56. The Morgan fingerprint density at radius 1 is 1.31 bits per heavy atom. The van der Waals surface area contributed by atoms with Crippen LogP contribution in [0.4, 0.5) is 4.39 Å². The fraction of sp³-hybridized carbons (Fsp3) is 0.526. The molecule has 1 atom stereocenters. The van der Waals surface area contributed by atoms with Crippen molar-refractivity contribution in [1.82, 2.24) is 15.5 Å². The zero-order valence-corrected chi connectivity index (χ0v) is 15.1. The molecule has 26 heavy (non-hydrogen) atoms. The number of hydrogen-bond acceptors (Lipinski definition) is 5. The molecule has 1 amide bonds. The maximum Gasteiger partial charge on any atom is 0.249 e. The van der Waals surface area contributed by atoms with Crippen LogP contribution in [0.2, 0.25) is 0 Å². The Morgan fingerprint density at radius 2 is 2.04 bits per heavy atom. The normalized spacial score (nSPS) is 16.6. The number of carbonyl (C=O) groups excluding carboxylic acids is 1. The Balaban J connectivity index is 1.76. The van der Waals surface area contributed by atoms with Crippen molar-refractivity contribution in [3.63, 3.8) is 0 Å². The summed E-state index contributed by atoms with van der Waals surface area (Å²) in [4.78, 5) is 17.0. The standard InChI is InChI=1S/C19H24FN3O3/c1-12(2)18-22-19(26-23-18)17(13-7-9-25-10-8-13)21-16(24)11-14-5-3-4-6-15(14)20/h3-6,12-13,17H,7-11H2,1-2H3,(H,21,24). The molecule has 2 aromatic rings. The summed E-state index contributed by atoms with van der Waals surface area (Å²) in [7, 11) is 0. The topological polar surface area (TPSA) is 77.2 Å². The van der Waals surface area contributed by atoms with Crippen LogP contribution in [0.25, 0.3) is 0 Å². The van der Waals surface area contributed by atoms with E-state index >= 15 is 0 Å². The molecule has 0 radical (unpaired) electrons. The van der Waals surface area contributed by atoms with E-state index in [9.17, 15) is 9.18 Å². The molecule has 1 aromatic carbocycles. The number of carbonyl (C=O) groups is 1. The van der Waals surface area contributed by atoms with E-state index in [1.54, 1.807) is 18.2 Å². The van der Waals surface area contributed by atoms with Gasteiger partial charge in [0.15, 0.2) is 5.82 Å². The van der Waals surface area contributed by atoms with Gasteiger partial charge in [-0.3, -0.25) is 4.79 Å². The second-order valence-corrected chi connectivity index (χ2v) is 6.91. The maximum absolute atomic E-state index is 13.8. The van der Waals surface area contributed by atoms with Crippen LogP contribution in [0.1, 0.15) is 55.9 Å². The third-order valence-corrected chi connectivity index (χ3v) is 4.60. The molecular formula is C19H24FN3O3. The minimum Gasteiger partial charge on any atom is -0.381 e. The molecule has 1 aromatic heterocycles. The highest BCUT2D eigenvalue weighted by molar-refractivity contribution is 5.79. The number of nitrogens with one attached hydrogen (secondary N) is 1. The third-order valence-electron chi connectivity index (χ3n) is 4.60. The van der Waals surface area contributed by atoms with E-state index in [-0.39, 0.29) is 30.0 Å². The Labute approximate surface area is 152 Å². The van der Waals surface area contributed by atoms with E-state index in [1.807, 2.05) is 13.8 Å². The highest BCUT2D eigenvalue weighted by Crippen LogP contribution is 2.30. The van der Waals surface area contributed by atoms with Crippen LogP contribution < -0.4 is 5.32 Å². The van der Waals surface area contributed by atoms with Crippen LogP contribution in [0, 0.1) is 11.7 Å². The molecule has 1 aliphatic rings. The Kier molecular flexibility index (Phi) is 5.98. The van der Waals surface area contributed by atoms with Crippen molar-refractivity contribution in [3.05, 3.63) is 47.4 Å². The van der Waals surface area contributed by atoms with Gasteiger partial charge in [-0.15, -0.1) is 0 Å². The van der Waals surface area contributed by atoms with E-state index in [4.69, 9.17) is 9.26 Å². The minimum absolute atomic E-state index is 0.0302. The van der Waals surface area contributed by atoms with Gasteiger partial charge < -0.3 is 14.6 Å². The fourth-order valence-corrected chi connectivity index (χ4v) is 3.08. The van der Waals surface area contributed by atoms with Gasteiger partial charge in [0.1, 0.15) is 11.9 Å². The lowest BCUT2D eigenvalue weighted by Crippen LogP contribution is -2.37. The molecule has 3 rings (SSSR count). The van der Waals surface area contributed by atoms with E-state index in [0.29, 0.717) is 30.5 Å². The second kappa shape index (κ2) is 8.40. The van der Waals surface area contributed by atoms with Crippen molar-refractivity contribution in [2.24, 2.45) is 5.92 Å². The number of rotatable bonds is 6. The largest absolute Gasteiger partial charge is 0.381 e. The summed E-state index contributed by atoms with van der Waals surface area (Å²) in [6, 6.07) is 5.90. The zero-order chi connectivity index (χ0) is 18.5. The van der Waals surface area contributed by atoms with Crippen molar-refractivity contribution in [3.8, 4) is 0 Å². The maximum atomic E-state index is 13.8. The van der Waals surface area contributed by atoms with Gasteiger partial charge in [0.25, 0.3) is 0 Å². The third kappa shape index (κ3) is 4.46. The van der Waals surface area contributed by atoms with Crippen LogP contribution >= 0.6 is 0 Å². The monoisotopic (exact) mass is 361 g/mol. The van der Waals surface area contributed by atoms with Gasteiger partial charge in [0.2, 0.25) is 11.8 Å². The van der Waals surface area contributed by atoms with Crippen molar-refractivity contribution in [2.75, 3.05) is 13.2 Å². The molecule has 2 heterocycles. The molecule has 0 bridgehead atoms. The van der Waals surface area contributed by atoms with Gasteiger partial charge in [0.05, 0.1) is 6.42 Å². The van der Waals surface area contributed by atoms with E-state index in [2.05, 4.69) is 15.5 Å². The summed E-state index contributed by atoms with van der Waals surface area (Å²) in [6.45, 7) is 5.23. The Bertz CT molecular complexity index is 741. The quantitative estimate of drug-likeness (QED) is 0.855. The zero-order valence-electron chi connectivity index (χ0n) is 15.1. The van der Waals surface area contributed by atoms with Gasteiger partial charge in [-0.05, 0) is 30.4 Å². The van der Waals surface area contributed by atoms with Gasteiger partial charge in [-0.25, -0.2) is 4.39 Å². The first-order chi connectivity index (χ1) is 12.5. The molecule has 1 fully saturated rings. The molecule has 0 saturated carbocycles. The first-order valence-corrected chi connectivity index (χ1v) is 8.98. The number of nitrogens with zero attached hydrogens (tertiary/aromatic N) is 2. The van der Waals surface area contributed by atoms with Crippen LogP contribution in [0.5, 0.6) is 0 Å². The molecule has 7 heteroatoms. The molecule has 1 N–H and O–H groups in total. The van der Waals surface area contributed by atoms with Crippen molar-refractivity contribution < 1.29 is 18.4 Å². The fourth-order valence-electron chi connectivity index (χ4n) is 3.08. The molecule has 6 nitrogen and oxygen atoms in total. The highest BCUT2D eigenvalue weighted by Gasteiger charge is 2.31. The molecule has 0 spiro atoms. The molecule has 1 saturated heterocycles. The first-order valence-electron chi connectivity index (χ1n) is 8.98. The number of halogens is 1. The highest BCUT2D eigenvalue weighted by atomic mass is 19.1. The van der Waals surface area contributed by atoms with Crippen LogP contribution in [0.3, 0.4) is 0 Å². The van der Waals surface area contributed by atoms with Crippen molar-refractivity contribution in [2.45, 2.75) is 45.1 Å². The van der Waals surface area contributed by atoms with E-state index < -0.39 is 6.04 Å². The summed E-state index contributed by atoms with van der Waals surface area (Å²) in [5, 5.41) is 6.98. The smallest absolute Gasteiger partial charge is 0.249 e. The molecule has 1 unspecified atom stereocenters. The lowest BCUT2D eigenvalue weighted by atomic mass is 9.91. The van der Waals surface area contributed by atoms with Crippen LogP contribution in [-0.4, -0.2) is 29.3 Å². The summed E-state index contributed by atoms with van der Waals surface area (Å²) >= 11 is 0. The predicted octanol–water partition coefficient (Wildman–Crippen LogP) is 3.16. The van der Waals surface area contributed by atoms with Crippen molar-refractivity contribution in [1.29, 1.82) is 0 Å². The lowest BCUT2D eigenvalue weighted by Gasteiger charge is -2.28. The Hall–Kier alpha value is -2.28. The molecular weight excluding hydrogens is 337 g/mol. The molecule has 0 aliphatic carbocycles. The average Bonchev–Trinajstić information content (AvgIpc) is 3.12. The summed E-state index contributed by atoms with van der Waals surface area (Å²) < 4.78 is 24.7. The van der Waals surface area contributed by atoms with Gasteiger partial charge in [-0.2, -0.15) is 4.98 Å². The van der Waals surface area contributed by atoms with E-state index in [0.717, 1.165) is 12.8 Å². The predicted molar refractivity (Wildman–Crippen MR) is 92.9 cm³/mol. The average molecular weight is 361 g/mol. The van der Waals surface area contributed by atoms with Crippen molar-refractivity contribution >= 4 is 5.91 Å². The van der Waals surface area contributed by atoms with Gasteiger partial charge in [0, 0.05) is 19.1 Å². The molecule has 1 aliphatic heterocycles. The van der Waals surface area contributed by atoms with Crippen LogP contribution in [0.15, 0.2) is 28.8 Å². The number of ether oxygens (including phenoxy) is 1. The summed E-state index contributed by atoms with van der Waals surface area (Å²) in [5.41, 5.74) is 0.365. The van der Waals surface area contributed by atoms with Gasteiger partial charge >= 0.3 is 0 Å². The lowest BCUT2D eigenvalue weighted by molar-refractivity contribution is -0.122. The first kappa shape index (κ1) is 18.5.